The molecule has 0 aliphatic rings. The van der Waals surface area contributed by atoms with Gasteiger partial charge in [-0.25, -0.2) is 0 Å². The maximum atomic E-state index is 5.75. The fraction of sp³-hybridized carbons (Fsp3) is 0.263. The van der Waals surface area contributed by atoms with Crippen molar-refractivity contribution in [3.05, 3.63) is 65.7 Å². The normalized spacial score (nSPS) is 9.95. The number of ether oxygens (including phenoxy) is 1. The van der Waals surface area contributed by atoms with Gasteiger partial charge in [-0.2, -0.15) is 0 Å². The Morgan fingerprint density at radius 2 is 1.60 bits per heavy atom. The highest BCUT2D eigenvalue weighted by atomic mass is 16.5. The molecule has 2 rings (SSSR count). The lowest BCUT2D eigenvalue weighted by atomic mass is 10.1. The molecule has 0 heterocycles. The number of benzene rings is 2. The predicted molar refractivity (Wildman–Crippen MR) is 83.5 cm³/mol. The third kappa shape index (κ3) is 4.82. The van der Waals surface area contributed by atoms with E-state index in [-0.39, 0.29) is 0 Å². The molecule has 0 atom stereocenters. The molecule has 2 aromatic carbocycles. The van der Waals surface area contributed by atoms with Gasteiger partial charge in [-0.05, 0) is 23.3 Å². The van der Waals surface area contributed by atoms with E-state index < -0.39 is 0 Å². The molecule has 0 aliphatic heterocycles. The van der Waals surface area contributed by atoms with Gasteiger partial charge in [0.1, 0.15) is 12.4 Å². The largest absolute Gasteiger partial charge is 0.489 e. The van der Waals surface area contributed by atoms with Crippen LogP contribution < -0.4 is 4.74 Å². The van der Waals surface area contributed by atoms with Gasteiger partial charge in [0.05, 0.1) is 0 Å². The zero-order chi connectivity index (χ0) is 14.2. The first-order chi connectivity index (χ1) is 9.74. The van der Waals surface area contributed by atoms with E-state index in [2.05, 4.69) is 50.0 Å². The van der Waals surface area contributed by atoms with Crippen LogP contribution in [0.2, 0.25) is 0 Å². The van der Waals surface area contributed by atoms with Crippen molar-refractivity contribution in [2.24, 2.45) is 5.92 Å². The van der Waals surface area contributed by atoms with Crippen LogP contribution in [-0.2, 0) is 13.0 Å². The molecule has 102 valence electrons. The standard InChI is InChI=1S/C19H20O/c1-16(2)7-6-10-17-11-13-19(14-12-17)20-15-18-8-4-3-5-9-18/h3-5,8-9,11-14,16H,10,15H2,1-2H3. The second kappa shape index (κ2) is 7.40. The van der Waals surface area contributed by atoms with Crippen molar-refractivity contribution in [3.63, 3.8) is 0 Å². The van der Waals surface area contributed by atoms with Crippen molar-refractivity contribution >= 4 is 0 Å². The first kappa shape index (κ1) is 14.2. The van der Waals surface area contributed by atoms with Gasteiger partial charge in [-0.1, -0.05) is 62.2 Å². The van der Waals surface area contributed by atoms with E-state index >= 15 is 0 Å². The first-order valence-corrected chi connectivity index (χ1v) is 6.98. The molecule has 0 radical (unpaired) electrons. The van der Waals surface area contributed by atoms with Crippen LogP contribution in [0.25, 0.3) is 0 Å². The quantitative estimate of drug-likeness (QED) is 0.740. The van der Waals surface area contributed by atoms with Gasteiger partial charge in [0.15, 0.2) is 0 Å². The van der Waals surface area contributed by atoms with Crippen LogP contribution in [0, 0.1) is 17.8 Å². The highest BCUT2D eigenvalue weighted by Gasteiger charge is 1.96. The van der Waals surface area contributed by atoms with Gasteiger partial charge >= 0.3 is 0 Å². The molecule has 0 aromatic heterocycles. The molecule has 1 heteroatoms. The van der Waals surface area contributed by atoms with Gasteiger partial charge in [0.25, 0.3) is 0 Å². The molecule has 2 aromatic rings. The van der Waals surface area contributed by atoms with E-state index in [1.807, 2.05) is 30.3 Å². The third-order valence-corrected chi connectivity index (χ3v) is 2.85. The second-order valence-electron chi connectivity index (χ2n) is 5.07. The number of rotatable bonds is 4. The van der Waals surface area contributed by atoms with Crippen LogP contribution in [-0.4, -0.2) is 0 Å². The van der Waals surface area contributed by atoms with E-state index in [9.17, 15) is 0 Å². The molecule has 0 N–H and O–H groups in total. The summed E-state index contributed by atoms with van der Waals surface area (Å²) in [6.45, 7) is 4.81. The highest BCUT2D eigenvalue weighted by Crippen LogP contribution is 2.14. The van der Waals surface area contributed by atoms with Gasteiger partial charge < -0.3 is 4.74 Å². The SMILES string of the molecule is CC(C)C#CCc1ccc(OCc2ccccc2)cc1. The van der Waals surface area contributed by atoms with Gasteiger partial charge in [0.2, 0.25) is 0 Å². The summed E-state index contributed by atoms with van der Waals surface area (Å²) in [4.78, 5) is 0. The van der Waals surface area contributed by atoms with Crippen LogP contribution in [0.4, 0.5) is 0 Å². The van der Waals surface area contributed by atoms with Crippen LogP contribution in [0.3, 0.4) is 0 Å². The zero-order valence-electron chi connectivity index (χ0n) is 12.1. The van der Waals surface area contributed by atoms with Gasteiger partial charge in [0, 0.05) is 12.3 Å². The van der Waals surface area contributed by atoms with Crippen molar-refractivity contribution in [1.82, 2.24) is 0 Å². The molecule has 0 unspecified atom stereocenters. The Hall–Kier alpha value is -2.20. The minimum atomic E-state index is 0.434. The minimum absolute atomic E-state index is 0.434. The molecular weight excluding hydrogens is 244 g/mol. The fourth-order valence-electron chi connectivity index (χ4n) is 1.80. The topological polar surface area (TPSA) is 9.23 Å². The van der Waals surface area contributed by atoms with Crippen LogP contribution in [0.1, 0.15) is 25.0 Å². The van der Waals surface area contributed by atoms with Crippen molar-refractivity contribution in [2.75, 3.05) is 0 Å². The Morgan fingerprint density at radius 3 is 2.25 bits per heavy atom. The molecule has 0 aliphatic carbocycles. The molecule has 0 fully saturated rings. The highest BCUT2D eigenvalue weighted by molar-refractivity contribution is 5.30. The molecule has 0 saturated carbocycles. The molecule has 0 spiro atoms. The Morgan fingerprint density at radius 1 is 0.900 bits per heavy atom. The van der Waals surface area contributed by atoms with Gasteiger partial charge in [-0.3, -0.25) is 0 Å². The number of hydrogen-bond donors (Lipinski definition) is 0. The van der Waals surface area contributed by atoms with Crippen molar-refractivity contribution in [2.45, 2.75) is 26.9 Å². The van der Waals surface area contributed by atoms with E-state index in [1.165, 1.54) is 11.1 Å². The lowest BCUT2D eigenvalue weighted by molar-refractivity contribution is 0.306. The maximum Gasteiger partial charge on any atom is 0.119 e. The monoisotopic (exact) mass is 264 g/mol. The van der Waals surface area contributed by atoms with E-state index in [4.69, 9.17) is 4.74 Å². The molecule has 0 saturated heterocycles. The maximum absolute atomic E-state index is 5.75. The minimum Gasteiger partial charge on any atom is -0.489 e. The van der Waals surface area contributed by atoms with Gasteiger partial charge in [-0.15, -0.1) is 5.92 Å². The Kier molecular flexibility index (Phi) is 5.26. The summed E-state index contributed by atoms with van der Waals surface area (Å²) in [5.74, 6) is 7.69. The fourth-order valence-corrected chi connectivity index (χ4v) is 1.80. The van der Waals surface area contributed by atoms with Crippen molar-refractivity contribution in [3.8, 4) is 17.6 Å². The summed E-state index contributed by atoms with van der Waals surface area (Å²) in [5.41, 5.74) is 2.41. The van der Waals surface area contributed by atoms with E-state index in [1.54, 1.807) is 0 Å². The molecule has 0 amide bonds. The summed E-state index contributed by atoms with van der Waals surface area (Å²) < 4.78 is 5.75. The predicted octanol–water partition coefficient (Wildman–Crippen LogP) is 4.47. The lowest BCUT2D eigenvalue weighted by Gasteiger charge is -2.06. The van der Waals surface area contributed by atoms with E-state index in [0.717, 1.165) is 12.2 Å². The summed E-state index contributed by atoms with van der Waals surface area (Å²) in [6, 6.07) is 18.4. The Balaban J connectivity index is 1.87. The molecule has 0 bridgehead atoms. The number of hydrogen-bond acceptors (Lipinski definition) is 1. The average molecular weight is 264 g/mol. The lowest BCUT2D eigenvalue weighted by Crippen LogP contribution is -1.95. The zero-order valence-corrected chi connectivity index (χ0v) is 12.1. The van der Waals surface area contributed by atoms with Crippen LogP contribution >= 0.6 is 0 Å². The smallest absolute Gasteiger partial charge is 0.119 e. The average Bonchev–Trinajstić information content (AvgIpc) is 2.47. The summed E-state index contributed by atoms with van der Waals surface area (Å²) in [6.07, 6.45) is 0.803. The first-order valence-electron chi connectivity index (χ1n) is 6.98. The summed E-state index contributed by atoms with van der Waals surface area (Å²) in [7, 11) is 0. The summed E-state index contributed by atoms with van der Waals surface area (Å²) >= 11 is 0. The molecule has 1 nitrogen and oxygen atoms in total. The van der Waals surface area contributed by atoms with Crippen LogP contribution in [0.5, 0.6) is 5.75 Å². The third-order valence-electron chi connectivity index (χ3n) is 2.85. The van der Waals surface area contributed by atoms with Crippen molar-refractivity contribution < 1.29 is 4.74 Å². The summed E-state index contributed by atoms with van der Waals surface area (Å²) in [5, 5.41) is 0. The van der Waals surface area contributed by atoms with Crippen molar-refractivity contribution in [1.29, 1.82) is 0 Å². The molecular formula is C19H20O. The Bertz CT molecular complexity index is 571. The van der Waals surface area contributed by atoms with Crippen LogP contribution in [0.15, 0.2) is 54.6 Å². The second-order valence-corrected chi connectivity index (χ2v) is 5.07. The van der Waals surface area contributed by atoms with E-state index in [0.29, 0.717) is 12.5 Å². The molecule has 20 heavy (non-hydrogen) atoms. The Labute approximate surface area is 121 Å².